The maximum Gasteiger partial charge on any atom is 0.298 e. The number of hydrogen-bond acceptors (Lipinski definition) is 6. The van der Waals surface area contributed by atoms with Gasteiger partial charge in [0.1, 0.15) is 25.2 Å². The summed E-state index contributed by atoms with van der Waals surface area (Å²) in [5.41, 5.74) is 2.01. The highest BCUT2D eigenvalue weighted by Gasteiger charge is 2.27. The molecule has 0 atom stereocenters. The Morgan fingerprint density at radius 2 is 2.24 bits per heavy atom. The van der Waals surface area contributed by atoms with Gasteiger partial charge >= 0.3 is 0 Å². The highest BCUT2D eigenvalue weighted by Crippen LogP contribution is 2.31. The van der Waals surface area contributed by atoms with Crippen molar-refractivity contribution in [1.29, 1.82) is 0 Å². The molecule has 0 aliphatic carbocycles. The van der Waals surface area contributed by atoms with Crippen LogP contribution in [0.3, 0.4) is 0 Å². The Bertz CT molecular complexity index is 930. The second-order valence-electron chi connectivity index (χ2n) is 5.64. The summed E-state index contributed by atoms with van der Waals surface area (Å²) in [6, 6.07) is 9.64. The number of nitrogens with zero attached hydrogens (tertiary/aromatic N) is 2. The third-order valence-corrected chi connectivity index (χ3v) is 4.80. The van der Waals surface area contributed by atoms with E-state index in [0.717, 1.165) is 15.8 Å². The SMILES string of the molecule is Cc1ccc2nc(N(Cc3ccco3)C(=O)C3=COCCO3)sc2c1. The first-order valence-corrected chi connectivity index (χ1v) is 8.68. The van der Waals surface area contributed by atoms with E-state index < -0.39 is 0 Å². The first-order chi connectivity index (χ1) is 12.2. The van der Waals surface area contributed by atoms with Crippen LogP contribution in [-0.4, -0.2) is 24.1 Å². The monoisotopic (exact) mass is 356 g/mol. The molecule has 3 heterocycles. The number of amides is 1. The number of carbonyl (C=O) groups is 1. The van der Waals surface area contributed by atoms with Crippen LogP contribution in [0.5, 0.6) is 0 Å². The fourth-order valence-electron chi connectivity index (χ4n) is 2.53. The molecule has 2 aromatic heterocycles. The lowest BCUT2D eigenvalue weighted by atomic mass is 10.2. The molecule has 7 heteroatoms. The number of fused-ring (bicyclic) bond motifs is 1. The normalized spacial score (nSPS) is 13.9. The average Bonchev–Trinajstić information content (AvgIpc) is 3.28. The zero-order chi connectivity index (χ0) is 17.2. The van der Waals surface area contributed by atoms with Gasteiger partial charge < -0.3 is 13.9 Å². The van der Waals surface area contributed by atoms with Crippen LogP contribution in [-0.2, 0) is 20.8 Å². The maximum absolute atomic E-state index is 12.9. The highest BCUT2D eigenvalue weighted by molar-refractivity contribution is 7.22. The van der Waals surface area contributed by atoms with Crippen molar-refractivity contribution in [2.75, 3.05) is 18.1 Å². The highest BCUT2D eigenvalue weighted by atomic mass is 32.1. The fraction of sp³-hybridized carbons (Fsp3) is 0.222. The molecular weight excluding hydrogens is 340 g/mol. The zero-order valence-electron chi connectivity index (χ0n) is 13.6. The molecule has 0 spiro atoms. The van der Waals surface area contributed by atoms with E-state index in [9.17, 15) is 4.79 Å². The lowest BCUT2D eigenvalue weighted by Gasteiger charge is -2.22. The van der Waals surface area contributed by atoms with Crippen molar-refractivity contribution in [1.82, 2.24) is 4.98 Å². The Labute approximate surface area is 148 Å². The molecule has 6 nitrogen and oxygen atoms in total. The van der Waals surface area contributed by atoms with Crippen molar-refractivity contribution in [2.24, 2.45) is 0 Å². The van der Waals surface area contributed by atoms with Crippen LogP contribution >= 0.6 is 11.3 Å². The third kappa shape index (κ3) is 3.23. The van der Waals surface area contributed by atoms with Gasteiger partial charge in [-0.05, 0) is 36.8 Å². The van der Waals surface area contributed by atoms with E-state index in [1.807, 2.05) is 25.1 Å². The lowest BCUT2D eigenvalue weighted by molar-refractivity contribution is -0.120. The lowest BCUT2D eigenvalue weighted by Crippen LogP contribution is -2.33. The minimum atomic E-state index is -0.299. The molecule has 1 amide bonds. The molecule has 0 bridgehead atoms. The number of hydrogen-bond donors (Lipinski definition) is 0. The number of furan rings is 1. The van der Waals surface area contributed by atoms with Gasteiger partial charge in [0.05, 0.1) is 23.0 Å². The Morgan fingerprint density at radius 1 is 1.32 bits per heavy atom. The average molecular weight is 356 g/mol. The molecule has 128 valence electrons. The van der Waals surface area contributed by atoms with Crippen LogP contribution in [0, 0.1) is 6.92 Å². The summed E-state index contributed by atoms with van der Waals surface area (Å²) >= 11 is 1.46. The van der Waals surface area contributed by atoms with Gasteiger partial charge in [0.15, 0.2) is 5.13 Å². The predicted molar refractivity (Wildman–Crippen MR) is 94.2 cm³/mol. The largest absolute Gasteiger partial charge is 0.494 e. The molecular formula is C18H16N2O4S. The van der Waals surface area contributed by atoms with Crippen molar-refractivity contribution < 1.29 is 18.7 Å². The van der Waals surface area contributed by atoms with Crippen LogP contribution in [0.15, 0.2) is 53.0 Å². The Hall–Kier alpha value is -2.80. The number of anilines is 1. The van der Waals surface area contributed by atoms with Crippen LogP contribution in [0.25, 0.3) is 10.2 Å². The summed E-state index contributed by atoms with van der Waals surface area (Å²) < 4.78 is 17.1. The molecule has 1 aliphatic rings. The number of rotatable bonds is 4. The molecule has 0 radical (unpaired) electrons. The van der Waals surface area contributed by atoms with Gasteiger partial charge in [-0.2, -0.15) is 0 Å². The summed E-state index contributed by atoms with van der Waals surface area (Å²) in [6.07, 6.45) is 2.94. The second-order valence-corrected chi connectivity index (χ2v) is 6.65. The standard InChI is InChI=1S/C18H16N2O4S/c1-12-4-5-14-16(9-12)25-18(19-14)20(10-13-3-2-6-23-13)17(21)15-11-22-7-8-24-15/h2-6,9,11H,7-8,10H2,1H3. The molecule has 0 N–H and O–H groups in total. The summed E-state index contributed by atoms with van der Waals surface area (Å²) in [4.78, 5) is 19.1. The molecule has 0 fully saturated rings. The van der Waals surface area contributed by atoms with Gasteiger partial charge in [0.2, 0.25) is 5.76 Å². The predicted octanol–water partition coefficient (Wildman–Crippen LogP) is 3.62. The van der Waals surface area contributed by atoms with Gasteiger partial charge in [-0.3, -0.25) is 9.69 Å². The summed E-state index contributed by atoms with van der Waals surface area (Å²) in [7, 11) is 0. The van der Waals surface area contributed by atoms with E-state index in [1.165, 1.54) is 17.6 Å². The zero-order valence-corrected chi connectivity index (χ0v) is 14.4. The molecule has 1 aliphatic heterocycles. The number of aromatic nitrogens is 1. The molecule has 0 unspecified atom stereocenters. The molecule has 3 aromatic rings. The summed E-state index contributed by atoms with van der Waals surface area (Å²) in [6.45, 7) is 3.09. The van der Waals surface area contributed by atoms with E-state index in [0.29, 0.717) is 24.1 Å². The minimum Gasteiger partial charge on any atom is -0.494 e. The van der Waals surface area contributed by atoms with Crippen LogP contribution in [0.1, 0.15) is 11.3 Å². The number of ether oxygens (including phenoxy) is 2. The van der Waals surface area contributed by atoms with Crippen LogP contribution in [0.4, 0.5) is 5.13 Å². The van der Waals surface area contributed by atoms with Crippen LogP contribution in [0.2, 0.25) is 0 Å². The molecule has 0 saturated carbocycles. The Morgan fingerprint density at radius 3 is 3.00 bits per heavy atom. The van der Waals surface area contributed by atoms with Gasteiger partial charge in [0, 0.05) is 0 Å². The minimum absolute atomic E-state index is 0.174. The summed E-state index contributed by atoms with van der Waals surface area (Å²) in [5.74, 6) is 0.543. The number of aryl methyl sites for hydroxylation is 1. The molecule has 4 rings (SSSR count). The number of thiazole rings is 1. The topological polar surface area (TPSA) is 64.8 Å². The second kappa shape index (κ2) is 6.60. The van der Waals surface area contributed by atoms with Crippen molar-refractivity contribution in [3.63, 3.8) is 0 Å². The van der Waals surface area contributed by atoms with Crippen molar-refractivity contribution in [3.8, 4) is 0 Å². The van der Waals surface area contributed by atoms with Gasteiger partial charge in [0.25, 0.3) is 5.91 Å². The quantitative estimate of drug-likeness (QED) is 0.714. The Kier molecular flexibility index (Phi) is 4.15. The fourth-order valence-corrected chi connectivity index (χ4v) is 3.59. The van der Waals surface area contributed by atoms with Crippen LogP contribution < -0.4 is 4.90 Å². The first kappa shape index (κ1) is 15.7. The first-order valence-electron chi connectivity index (χ1n) is 7.87. The summed E-state index contributed by atoms with van der Waals surface area (Å²) in [5, 5.41) is 0.595. The molecule has 25 heavy (non-hydrogen) atoms. The molecule has 1 aromatic carbocycles. The van der Waals surface area contributed by atoms with E-state index in [2.05, 4.69) is 11.1 Å². The van der Waals surface area contributed by atoms with Crippen molar-refractivity contribution in [3.05, 3.63) is 59.9 Å². The van der Waals surface area contributed by atoms with Crippen molar-refractivity contribution >= 4 is 32.6 Å². The van der Waals surface area contributed by atoms with Gasteiger partial charge in [-0.15, -0.1) is 0 Å². The maximum atomic E-state index is 12.9. The third-order valence-electron chi connectivity index (χ3n) is 3.76. The smallest absolute Gasteiger partial charge is 0.298 e. The Balaban J connectivity index is 1.72. The van der Waals surface area contributed by atoms with E-state index in [-0.39, 0.29) is 18.2 Å². The molecule has 0 saturated heterocycles. The van der Waals surface area contributed by atoms with E-state index >= 15 is 0 Å². The van der Waals surface area contributed by atoms with Crippen molar-refractivity contribution in [2.45, 2.75) is 13.5 Å². The van der Waals surface area contributed by atoms with Gasteiger partial charge in [-0.1, -0.05) is 17.4 Å². The van der Waals surface area contributed by atoms with E-state index in [1.54, 1.807) is 17.2 Å². The number of benzene rings is 1. The van der Waals surface area contributed by atoms with Gasteiger partial charge in [-0.25, -0.2) is 4.98 Å². The van der Waals surface area contributed by atoms with E-state index in [4.69, 9.17) is 13.9 Å². The number of carbonyl (C=O) groups excluding carboxylic acids is 1.